The SMILES string of the molecule is CC1(C)CCN(c2ccc(C(=O)NS(=O)(=O)c3ccc(CN(CCSc4ccccc4)Cc4c(F)cccc4Cl)cc3)cc2)CC1.CC1(C)CCN(c2ccc(C(=O)O)cc2)CC1.NS(=O)(=O)c1ccc(CN(CCSc2ccccc2)Cc2c(F)cccc2Cl)cc1. The molecule has 13 nitrogen and oxygen atoms in total. The molecule has 0 spiro atoms. The average molecular weight is 1380 g/mol. The first-order valence-electron chi connectivity index (χ1n) is 30.7. The quantitative estimate of drug-likeness (QED) is 0.0517. The Hall–Kier alpha value is -6.78. The summed E-state index contributed by atoms with van der Waals surface area (Å²) < 4.78 is 80.3. The molecule has 2 saturated heterocycles. The molecule has 10 rings (SSSR count). The molecule has 1 amide bonds. The number of carbonyl (C=O) groups excluding carboxylic acids is 1. The molecule has 0 aliphatic carbocycles. The van der Waals surface area contributed by atoms with Gasteiger partial charge in [0.15, 0.2) is 0 Å². The van der Waals surface area contributed by atoms with Gasteiger partial charge in [0.2, 0.25) is 10.0 Å². The molecule has 0 atom stereocenters. The molecule has 0 bridgehead atoms. The van der Waals surface area contributed by atoms with Gasteiger partial charge in [-0.05, 0) is 169 Å². The lowest BCUT2D eigenvalue weighted by molar-refractivity contribution is 0.0696. The number of piperidine rings is 2. The lowest BCUT2D eigenvalue weighted by atomic mass is 9.82. The maximum atomic E-state index is 14.7. The molecule has 8 aromatic carbocycles. The molecular weight excluding hydrogens is 1300 g/mol. The maximum absolute atomic E-state index is 14.7. The predicted molar refractivity (Wildman–Crippen MR) is 375 cm³/mol. The van der Waals surface area contributed by atoms with Crippen LogP contribution in [0.1, 0.15) is 96.3 Å². The van der Waals surface area contributed by atoms with Crippen molar-refractivity contribution in [1.82, 2.24) is 14.5 Å². The zero-order valence-corrected chi connectivity index (χ0v) is 57.5. The molecule has 4 N–H and O–H groups in total. The lowest BCUT2D eigenvalue weighted by Crippen LogP contribution is -2.37. The lowest BCUT2D eigenvalue weighted by Gasteiger charge is -2.38. The number of nitrogens with zero attached hydrogens (tertiary/aromatic N) is 4. The van der Waals surface area contributed by atoms with E-state index in [0.29, 0.717) is 76.8 Å². The van der Waals surface area contributed by atoms with Gasteiger partial charge < -0.3 is 14.9 Å². The van der Waals surface area contributed by atoms with Crippen LogP contribution in [0.5, 0.6) is 0 Å². The van der Waals surface area contributed by atoms with Crippen LogP contribution in [-0.2, 0) is 46.2 Å². The highest BCUT2D eigenvalue weighted by atomic mass is 35.5. The van der Waals surface area contributed by atoms with Crippen LogP contribution >= 0.6 is 46.7 Å². The number of thioether (sulfide) groups is 2. The number of hydrogen-bond acceptors (Lipinski definition) is 12. The summed E-state index contributed by atoms with van der Waals surface area (Å²) in [5, 5.41) is 14.8. The van der Waals surface area contributed by atoms with Crippen LogP contribution in [0.25, 0.3) is 0 Å². The molecule has 0 saturated carbocycles. The zero-order valence-electron chi connectivity index (χ0n) is 52.7. The van der Waals surface area contributed by atoms with Crippen molar-refractivity contribution < 1.29 is 40.3 Å². The third kappa shape index (κ3) is 22.4. The van der Waals surface area contributed by atoms with E-state index in [9.17, 15) is 35.2 Å². The Morgan fingerprint density at radius 1 is 0.516 bits per heavy atom. The number of anilines is 2. The molecule has 93 heavy (non-hydrogen) atoms. The Morgan fingerprint density at radius 3 is 1.26 bits per heavy atom. The number of carboxylic acid groups (broad SMARTS) is 1. The number of halogens is 4. The number of sulfonamides is 2. The van der Waals surface area contributed by atoms with Gasteiger partial charge in [-0.1, -0.05) is 124 Å². The van der Waals surface area contributed by atoms with Crippen molar-refractivity contribution in [3.63, 3.8) is 0 Å². The molecule has 0 aromatic heterocycles. The molecule has 2 heterocycles. The molecule has 2 aliphatic rings. The Labute approximate surface area is 565 Å². The summed E-state index contributed by atoms with van der Waals surface area (Å²) in [6, 6.07) is 56.5. The van der Waals surface area contributed by atoms with Crippen molar-refractivity contribution in [2.24, 2.45) is 16.0 Å². The van der Waals surface area contributed by atoms with E-state index in [1.54, 1.807) is 96.3 Å². The van der Waals surface area contributed by atoms with E-state index in [2.05, 4.69) is 64.1 Å². The molecule has 0 radical (unpaired) electrons. The number of nitrogens with one attached hydrogen (secondary N) is 1. The topological polar surface area (TPSA) is 174 Å². The fraction of sp³-hybridized carbons (Fsp3) is 0.306. The number of rotatable bonds is 23. The monoisotopic (exact) mass is 1380 g/mol. The average Bonchev–Trinajstić information content (AvgIpc) is 0.936. The first-order valence-corrected chi connectivity index (χ1v) is 36.4. The second-order valence-electron chi connectivity index (χ2n) is 24.6. The normalized spacial score (nSPS) is 14.6. The number of hydrogen-bond donors (Lipinski definition) is 3. The van der Waals surface area contributed by atoms with Crippen LogP contribution in [0.3, 0.4) is 0 Å². The number of amides is 1. The zero-order chi connectivity index (χ0) is 66.8. The van der Waals surface area contributed by atoms with Gasteiger partial charge in [0.05, 0.1) is 15.4 Å². The van der Waals surface area contributed by atoms with Crippen molar-refractivity contribution in [3.8, 4) is 0 Å². The third-order valence-corrected chi connectivity index (χ3v) is 21.4. The second-order valence-corrected chi connectivity index (χ2v) is 31.0. The van der Waals surface area contributed by atoms with Gasteiger partial charge in [-0.2, -0.15) is 0 Å². The molecule has 8 aromatic rings. The summed E-state index contributed by atoms with van der Waals surface area (Å²) in [5.74, 6) is -0.671. The van der Waals surface area contributed by atoms with Gasteiger partial charge in [0.1, 0.15) is 11.6 Å². The highest BCUT2D eigenvalue weighted by Gasteiger charge is 2.28. The Morgan fingerprint density at radius 2 is 0.892 bits per heavy atom. The first kappa shape index (κ1) is 72.1. The Kier molecular flexibility index (Phi) is 26.0. The van der Waals surface area contributed by atoms with Crippen molar-refractivity contribution in [3.05, 3.63) is 249 Å². The molecule has 0 unspecified atom stereocenters. The number of nitrogens with two attached hydrogens (primary N) is 1. The standard InChI is InChI=1S/C36H39ClFN3O3S2.C22H22ClFN2O2S2.C14H19NO2/c1-36(2)19-21-41(22-20-36)29-15-13-28(14-16-29)35(42)39-46(43,44)31-17-11-27(12-18-31)25-40(23-24-45-30-7-4-3-5-8-30)26-32-33(37)9-6-10-34(32)38;23-21-7-4-8-22(24)20(21)16-26(13-14-29-18-5-2-1-3-6-18)15-17-9-11-19(12-10-17)30(25,27)28;1-14(2)7-9-15(10-8-14)12-5-3-11(4-6-12)13(16)17/h3-18H,19-26H2,1-2H3,(H,39,42);1-12H,13-16H2,(H2,25,27,28);3-6H,7-10H2,1-2H3,(H,16,17). The van der Waals surface area contributed by atoms with Gasteiger partial charge in [-0.3, -0.25) is 14.6 Å². The van der Waals surface area contributed by atoms with Crippen molar-refractivity contribution >= 4 is 90.0 Å². The maximum Gasteiger partial charge on any atom is 0.335 e. The summed E-state index contributed by atoms with van der Waals surface area (Å²) >= 11 is 16.0. The fourth-order valence-electron chi connectivity index (χ4n) is 10.6. The molecule has 21 heteroatoms. The van der Waals surface area contributed by atoms with Gasteiger partial charge in [0.25, 0.3) is 15.9 Å². The van der Waals surface area contributed by atoms with E-state index >= 15 is 0 Å². The van der Waals surface area contributed by atoms with E-state index in [1.165, 1.54) is 54.1 Å². The van der Waals surface area contributed by atoms with Crippen molar-refractivity contribution in [2.75, 3.05) is 60.6 Å². The number of benzene rings is 8. The number of primary sulfonamides is 1. The highest BCUT2D eigenvalue weighted by molar-refractivity contribution is 7.99. The van der Waals surface area contributed by atoms with Crippen LogP contribution in [0.15, 0.2) is 214 Å². The Balaban J connectivity index is 0.000000201. The van der Waals surface area contributed by atoms with Gasteiger partial charge in [-0.15, -0.1) is 23.5 Å². The van der Waals surface area contributed by atoms with Gasteiger partial charge in [0, 0.05) is 125 Å². The van der Waals surface area contributed by atoms with E-state index in [0.717, 1.165) is 77.9 Å². The number of carboxylic acids is 1. The summed E-state index contributed by atoms with van der Waals surface area (Å²) in [6.07, 6.45) is 4.57. The largest absolute Gasteiger partial charge is 0.478 e. The molecule has 2 fully saturated rings. The summed E-state index contributed by atoms with van der Waals surface area (Å²) in [5.41, 5.74) is 6.17. The van der Waals surface area contributed by atoms with Crippen LogP contribution in [0.4, 0.5) is 20.2 Å². The van der Waals surface area contributed by atoms with Crippen LogP contribution < -0.4 is 19.7 Å². The van der Waals surface area contributed by atoms with E-state index in [1.807, 2.05) is 72.8 Å². The number of carbonyl (C=O) groups is 2. The van der Waals surface area contributed by atoms with Crippen LogP contribution in [0.2, 0.25) is 10.0 Å². The minimum atomic E-state index is -4.09. The molecule has 492 valence electrons. The second kappa shape index (κ2) is 33.6. The van der Waals surface area contributed by atoms with Gasteiger partial charge >= 0.3 is 5.97 Å². The fourth-order valence-corrected chi connectivity index (χ4v) is 14.4. The minimum absolute atomic E-state index is 0.0134. The van der Waals surface area contributed by atoms with E-state index in [4.69, 9.17) is 33.4 Å². The highest BCUT2D eigenvalue weighted by Crippen LogP contribution is 2.34. The van der Waals surface area contributed by atoms with Gasteiger partial charge in [-0.25, -0.2) is 40.3 Å². The summed E-state index contributed by atoms with van der Waals surface area (Å²) in [4.78, 5) is 34.8. The van der Waals surface area contributed by atoms with E-state index < -0.39 is 31.9 Å². The summed E-state index contributed by atoms with van der Waals surface area (Å²) in [7, 11) is -7.83. The minimum Gasteiger partial charge on any atom is -0.478 e. The van der Waals surface area contributed by atoms with E-state index in [-0.39, 0.29) is 27.0 Å². The number of aromatic carboxylic acids is 1. The Bertz CT molecular complexity index is 3910. The molecule has 2 aliphatic heterocycles. The van der Waals surface area contributed by atoms with Crippen molar-refractivity contribution in [2.45, 2.75) is 99.1 Å². The van der Waals surface area contributed by atoms with Crippen LogP contribution in [-0.4, -0.2) is 94.4 Å². The molecular formula is C72H80Cl2F2N6O7S4. The predicted octanol–water partition coefficient (Wildman–Crippen LogP) is 16.0. The first-order chi connectivity index (χ1) is 44.3. The van der Waals surface area contributed by atoms with Crippen molar-refractivity contribution in [1.29, 1.82) is 0 Å². The van der Waals surface area contributed by atoms with Crippen LogP contribution in [0, 0.1) is 22.5 Å². The summed E-state index contributed by atoms with van der Waals surface area (Å²) in [6.45, 7) is 16.1. The third-order valence-electron chi connectivity index (χ3n) is 16.5. The smallest absolute Gasteiger partial charge is 0.335 e.